The molecule has 0 saturated heterocycles. The van der Waals surface area contributed by atoms with Crippen LogP contribution in [0.4, 0.5) is 5.69 Å². The highest BCUT2D eigenvalue weighted by Gasteiger charge is 2.38. The van der Waals surface area contributed by atoms with Gasteiger partial charge in [0.05, 0.1) is 18.3 Å². The summed E-state index contributed by atoms with van der Waals surface area (Å²) in [5.41, 5.74) is 5.09. The molecule has 1 aliphatic rings. The van der Waals surface area contributed by atoms with Crippen molar-refractivity contribution in [2.45, 2.75) is 39.3 Å². The van der Waals surface area contributed by atoms with Gasteiger partial charge in [-0.25, -0.2) is 5.84 Å². The van der Waals surface area contributed by atoms with E-state index in [1.807, 2.05) is 25.1 Å². The van der Waals surface area contributed by atoms with E-state index in [1.54, 1.807) is 7.11 Å². The topological polar surface area (TPSA) is 67.6 Å². The average molecular weight is 289 g/mol. The maximum absolute atomic E-state index is 12.1. The second kappa shape index (κ2) is 5.41. The Morgan fingerprint density at radius 1 is 1.43 bits per heavy atom. The molecule has 1 aromatic rings. The number of nitrogens with one attached hydrogen (secondary N) is 1. The summed E-state index contributed by atoms with van der Waals surface area (Å²) >= 11 is 0. The van der Waals surface area contributed by atoms with Crippen LogP contribution in [0.25, 0.3) is 5.57 Å². The van der Waals surface area contributed by atoms with Crippen LogP contribution in [0.1, 0.15) is 33.3 Å². The lowest BCUT2D eigenvalue weighted by molar-refractivity contribution is -0.122. The highest BCUT2D eigenvalue weighted by molar-refractivity contribution is 5.91. The number of carbonyl (C=O) groups is 1. The van der Waals surface area contributed by atoms with Crippen molar-refractivity contribution in [3.63, 3.8) is 0 Å². The van der Waals surface area contributed by atoms with E-state index < -0.39 is 6.04 Å². The number of allylic oxidation sites excluding steroid dienone is 1. The minimum absolute atomic E-state index is 0.229. The van der Waals surface area contributed by atoms with Crippen LogP contribution in [0.3, 0.4) is 0 Å². The van der Waals surface area contributed by atoms with E-state index in [9.17, 15) is 4.79 Å². The van der Waals surface area contributed by atoms with Crippen LogP contribution in [0, 0.1) is 0 Å². The summed E-state index contributed by atoms with van der Waals surface area (Å²) in [5, 5.41) is 0. The molecule has 5 nitrogen and oxygen atoms in total. The number of carbonyl (C=O) groups excluding carboxylic acids is 1. The smallest absolute Gasteiger partial charge is 0.256 e. The molecule has 0 saturated carbocycles. The number of fused-ring (bicyclic) bond motifs is 1. The number of amides is 1. The van der Waals surface area contributed by atoms with Crippen LogP contribution in [-0.2, 0) is 4.79 Å². The van der Waals surface area contributed by atoms with Crippen LogP contribution in [-0.4, -0.2) is 24.6 Å². The van der Waals surface area contributed by atoms with E-state index in [0.717, 1.165) is 17.0 Å². The van der Waals surface area contributed by atoms with Gasteiger partial charge in [0.15, 0.2) is 0 Å². The van der Waals surface area contributed by atoms with Gasteiger partial charge >= 0.3 is 0 Å². The molecule has 0 aliphatic carbocycles. The van der Waals surface area contributed by atoms with Crippen molar-refractivity contribution >= 4 is 17.2 Å². The van der Waals surface area contributed by atoms with Crippen molar-refractivity contribution in [1.82, 2.24) is 5.43 Å². The molecule has 1 heterocycles. The molecule has 1 aromatic carbocycles. The molecule has 0 bridgehead atoms. The molecule has 0 unspecified atom stereocenters. The van der Waals surface area contributed by atoms with E-state index in [0.29, 0.717) is 0 Å². The Morgan fingerprint density at radius 3 is 2.67 bits per heavy atom. The first-order valence-electron chi connectivity index (χ1n) is 7.00. The van der Waals surface area contributed by atoms with Crippen LogP contribution in [0.15, 0.2) is 24.3 Å². The largest absolute Gasteiger partial charge is 0.495 e. The number of para-hydroxylation sites is 1. The number of nitrogens with two attached hydrogens (primary N) is 1. The summed E-state index contributed by atoms with van der Waals surface area (Å²) in [6.07, 6.45) is 2.16. The number of hydrogen-bond donors (Lipinski definition) is 2. The van der Waals surface area contributed by atoms with E-state index in [-0.39, 0.29) is 11.4 Å². The quantitative estimate of drug-likeness (QED) is 0.508. The number of hydrogen-bond acceptors (Lipinski definition) is 4. The molecule has 1 atom stereocenters. The third kappa shape index (κ3) is 2.49. The number of methoxy groups -OCH3 is 1. The molecule has 0 aromatic heterocycles. The van der Waals surface area contributed by atoms with Gasteiger partial charge in [0.2, 0.25) is 0 Å². The summed E-state index contributed by atoms with van der Waals surface area (Å²) in [4.78, 5) is 14.1. The van der Waals surface area contributed by atoms with Crippen LogP contribution in [0.5, 0.6) is 5.75 Å². The number of anilines is 1. The summed E-state index contributed by atoms with van der Waals surface area (Å²) in [6, 6.07) is 5.50. The maximum atomic E-state index is 12.1. The maximum Gasteiger partial charge on any atom is 0.256 e. The molecule has 0 spiro atoms. The Labute approximate surface area is 125 Å². The second-order valence-corrected chi connectivity index (χ2v) is 5.89. The number of benzene rings is 1. The van der Waals surface area contributed by atoms with Gasteiger partial charge in [-0.2, -0.15) is 0 Å². The molecule has 0 fully saturated rings. The molecular formula is C16H23N3O2. The van der Waals surface area contributed by atoms with Crippen molar-refractivity contribution in [3.8, 4) is 5.75 Å². The fraction of sp³-hybridized carbons (Fsp3) is 0.438. The van der Waals surface area contributed by atoms with Crippen LogP contribution < -0.4 is 20.9 Å². The highest BCUT2D eigenvalue weighted by Crippen LogP contribution is 2.45. The van der Waals surface area contributed by atoms with Gasteiger partial charge in [-0.15, -0.1) is 0 Å². The third-order valence-corrected chi connectivity index (χ3v) is 3.98. The number of ether oxygens (including phenoxy) is 1. The number of nitrogens with zero attached hydrogens (tertiary/aromatic N) is 1. The Morgan fingerprint density at radius 2 is 2.10 bits per heavy atom. The highest BCUT2D eigenvalue weighted by atomic mass is 16.5. The van der Waals surface area contributed by atoms with Gasteiger partial charge in [0, 0.05) is 5.56 Å². The summed E-state index contributed by atoms with van der Waals surface area (Å²) in [5.74, 6) is 5.84. The zero-order chi connectivity index (χ0) is 15.8. The second-order valence-electron chi connectivity index (χ2n) is 5.89. The number of hydrazine groups is 1. The normalized spacial score (nSPS) is 17.6. The Balaban J connectivity index is 2.67. The van der Waals surface area contributed by atoms with Gasteiger partial charge in [0.25, 0.3) is 5.91 Å². The van der Waals surface area contributed by atoms with Gasteiger partial charge in [-0.05, 0) is 39.3 Å². The molecule has 2 rings (SSSR count). The Hall–Kier alpha value is -2.01. The van der Waals surface area contributed by atoms with Crippen molar-refractivity contribution in [1.29, 1.82) is 0 Å². The lowest BCUT2D eigenvalue weighted by Gasteiger charge is -2.46. The molecule has 5 heteroatoms. The lowest BCUT2D eigenvalue weighted by Crippen LogP contribution is -2.56. The summed E-state index contributed by atoms with van der Waals surface area (Å²) in [7, 11) is 1.64. The van der Waals surface area contributed by atoms with Crippen molar-refractivity contribution in [2.24, 2.45) is 5.84 Å². The van der Waals surface area contributed by atoms with Crippen LogP contribution in [0.2, 0.25) is 0 Å². The predicted molar refractivity (Wildman–Crippen MR) is 85.0 cm³/mol. The first-order valence-corrected chi connectivity index (χ1v) is 7.00. The van der Waals surface area contributed by atoms with Crippen molar-refractivity contribution < 1.29 is 9.53 Å². The molecule has 1 aliphatic heterocycles. The standard InChI is InChI=1S/C16H23N3O2/c1-10-9-16(3,4)19(11(2)15(20)18-17)14-12(10)7-6-8-13(14)21-5/h6-9,11H,17H2,1-5H3,(H,18,20)/t11-/m0/s1. The van der Waals surface area contributed by atoms with Gasteiger partial charge in [0.1, 0.15) is 11.8 Å². The van der Waals surface area contributed by atoms with Crippen molar-refractivity contribution in [2.75, 3.05) is 12.0 Å². The Kier molecular flexibility index (Phi) is 3.96. The lowest BCUT2D eigenvalue weighted by atomic mass is 9.87. The van der Waals surface area contributed by atoms with Crippen LogP contribution >= 0.6 is 0 Å². The average Bonchev–Trinajstić information content (AvgIpc) is 2.44. The molecule has 21 heavy (non-hydrogen) atoms. The molecular weight excluding hydrogens is 266 g/mol. The van der Waals surface area contributed by atoms with E-state index >= 15 is 0 Å². The van der Waals surface area contributed by atoms with E-state index in [4.69, 9.17) is 10.6 Å². The minimum Gasteiger partial charge on any atom is -0.495 e. The molecule has 114 valence electrons. The third-order valence-electron chi connectivity index (χ3n) is 3.98. The molecule has 1 amide bonds. The fourth-order valence-corrected chi connectivity index (χ4v) is 3.15. The first kappa shape index (κ1) is 15.4. The van der Waals surface area contributed by atoms with Crippen molar-refractivity contribution in [3.05, 3.63) is 29.8 Å². The summed E-state index contributed by atoms with van der Waals surface area (Å²) < 4.78 is 5.52. The number of rotatable bonds is 3. The zero-order valence-corrected chi connectivity index (χ0v) is 13.2. The fourth-order valence-electron chi connectivity index (χ4n) is 3.15. The van der Waals surface area contributed by atoms with E-state index in [2.05, 4.69) is 37.2 Å². The zero-order valence-electron chi connectivity index (χ0n) is 13.2. The predicted octanol–water partition coefficient (Wildman–Crippen LogP) is 2.08. The van der Waals surface area contributed by atoms with Gasteiger partial charge < -0.3 is 9.64 Å². The minimum atomic E-state index is -0.413. The monoisotopic (exact) mass is 289 g/mol. The van der Waals surface area contributed by atoms with E-state index in [1.165, 1.54) is 5.57 Å². The molecule has 3 N–H and O–H groups in total. The van der Waals surface area contributed by atoms with Gasteiger partial charge in [-0.1, -0.05) is 18.2 Å². The van der Waals surface area contributed by atoms with Gasteiger partial charge in [-0.3, -0.25) is 10.2 Å². The first-order chi connectivity index (χ1) is 9.83. The Bertz CT molecular complexity index is 593. The molecule has 0 radical (unpaired) electrons. The summed E-state index contributed by atoms with van der Waals surface area (Å²) in [6.45, 7) is 8.07. The SMILES string of the molecule is COc1cccc2c1N([C@@H](C)C(=O)NN)C(C)(C)C=C2C.